The van der Waals surface area contributed by atoms with Crippen molar-refractivity contribution in [3.8, 4) is 0 Å². The lowest BCUT2D eigenvalue weighted by Gasteiger charge is -2.27. The first-order valence-electron chi connectivity index (χ1n) is 6.98. The molecule has 0 spiro atoms. The second-order valence-corrected chi connectivity index (χ2v) is 4.96. The smallest absolute Gasteiger partial charge is 0.241 e. The second kappa shape index (κ2) is 6.52. The summed E-state index contributed by atoms with van der Waals surface area (Å²) in [5, 5.41) is 2.78. The summed E-state index contributed by atoms with van der Waals surface area (Å²) in [7, 11) is 0. The highest BCUT2D eigenvalue weighted by Gasteiger charge is 2.13. The Morgan fingerprint density at radius 1 is 1.42 bits per heavy atom. The standard InChI is InChI=1S/C14H22N4O/c1-2-12(15)14(19)17-11-6-7-13(16-10-11)18-8-4-3-5-9-18/h6-7,10,12H,2-5,8-9,15H2,1H3,(H,17,19)/t12-/m0/s1. The number of piperidine rings is 1. The molecule has 1 aromatic rings. The number of hydrogen-bond donors (Lipinski definition) is 2. The molecule has 0 saturated carbocycles. The Labute approximate surface area is 114 Å². The molecule has 104 valence electrons. The van der Waals surface area contributed by atoms with Crippen LogP contribution in [0.5, 0.6) is 0 Å². The minimum Gasteiger partial charge on any atom is -0.357 e. The maximum atomic E-state index is 11.7. The SMILES string of the molecule is CC[C@H](N)C(=O)Nc1ccc(N2CCCCC2)nc1. The fourth-order valence-corrected chi connectivity index (χ4v) is 2.19. The molecule has 1 aliphatic heterocycles. The van der Waals surface area contributed by atoms with Gasteiger partial charge in [0.15, 0.2) is 0 Å². The monoisotopic (exact) mass is 262 g/mol. The summed E-state index contributed by atoms with van der Waals surface area (Å²) in [6, 6.07) is 3.39. The van der Waals surface area contributed by atoms with E-state index in [1.54, 1.807) is 6.20 Å². The maximum absolute atomic E-state index is 11.7. The van der Waals surface area contributed by atoms with Crippen LogP contribution < -0.4 is 16.0 Å². The second-order valence-electron chi connectivity index (χ2n) is 4.96. The first-order chi connectivity index (χ1) is 9.20. The Morgan fingerprint density at radius 2 is 2.16 bits per heavy atom. The van der Waals surface area contributed by atoms with E-state index in [1.807, 2.05) is 19.1 Å². The highest BCUT2D eigenvalue weighted by Crippen LogP contribution is 2.18. The quantitative estimate of drug-likeness (QED) is 0.867. The average molecular weight is 262 g/mol. The number of carbonyl (C=O) groups is 1. The molecule has 1 aliphatic rings. The zero-order valence-corrected chi connectivity index (χ0v) is 11.4. The molecular weight excluding hydrogens is 240 g/mol. The van der Waals surface area contributed by atoms with Crippen molar-refractivity contribution in [1.82, 2.24) is 4.98 Å². The van der Waals surface area contributed by atoms with Crippen molar-refractivity contribution in [3.63, 3.8) is 0 Å². The van der Waals surface area contributed by atoms with E-state index in [2.05, 4.69) is 15.2 Å². The summed E-state index contributed by atoms with van der Waals surface area (Å²) >= 11 is 0. The fourth-order valence-electron chi connectivity index (χ4n) is 2.19. The van der Waals surface area contributed by atoms with Crippen LogP contribution in [0.2, 0.25) is 0 Å². The van der Waals surface area contributed by atoms with Crippen molar-refractivity contribution in [2.75, 3.05) is 23.3 Å². The predicted octanol–water partition coefficient (Wildman–Crippen LogP) is 1.75. The molecule has 19 heavy (non-hydrogen) atoms. The Hall–Kier alpha value is -1.62. The van der Waals surface area contributed by atoms with Crippen molar-refractivity contribution in [2.45, 2.75) is 38.6 Å². The minimum absolute atomic E-state index is 0.157. The number of nitrogens with zero attached hydrogens (tertiary/aromatic N) is 2. The number of nitrogens with two attached hydrogens (primary N) is 1. The lowest BCUT2D eigenvalue weighted by Crippen LogP contribution is -2.35. The fraction of sp³-hybridized carbons (Fsp3) is 0.571. The van der Waals surface area contributed by atoms with E-state index < -0.39 is 6.04 Å². The minimum atomic E-state index is -0.457. The first kappa shape index (κ1) is 13.8. The Morgan fingerprint density at radius 3 is 2.74 bits per heavy atom. The number of pyridine rings is 1. The van der Waals surface area contributed by atoms with Gasteiger partial charge in [0.2, 0.25) is 5.91 Å². The van der Waals surface area contributed by atoms with Crippen LogP contribution >= 0.6 is 0 Å². The van der Waals surface area contributed by atoms with Gasteiger partial charge in [-0.1, -0.05) is 6.92 Å². The molecule has 2 heterocycles. The molecule has 5 nitrogen and oxygen atoms in total. The summed E-state index contributed by atoms with van der Waals surface area (Å²) in [5.74, 6) is 0.826. The third kappa shape index (κ3) is 3.67. The van der Waals surface area contributed by atoms with Crippen LogP contribution in [0, 0.1) is 0 Å². The Balaban J connectivity index is 1.96. The van der Waals surface area contributed by atoms with E-state index in [9.17, 15) is 4.79 Å². The number of hydrogen-bond acceptors (Lipinski definition) is 4. The topological polar surface area (TPSA) is 71.2 Å². The number of nitrogens with one attached hydrogen (secondary N) is 1. The number of carbonyl (C=O) groups excluding carboxylic acids is 1. The lowest BCUT2D eigenvalue weighted by atomic mass is 10.1. The van der Waals surface area contributed by atoms with E-state index in [0.717, 1.165) is 18.9 Å². The van der Waals surface area contributed by atoms with Crippen molar-refractivity contribution < 1.29 is 4.79 Å². The van der Waals surface area contributed by atoms with Gasteiger partial charge in [0.05, 0.1) is 17.9 Å². The molecule has 1 atom stereocenters. The van der Waals surface area contributed by atoms with Crippen LogP contribution in [0.4, 0.5) is 11.5 Å². The number of rotatable bonds is 4. The van der Waals surface area contributed by atoms with E-state index in [-0.39, 0.29) is 5.91 Å². The summed E-state index contributed by atoms with van der Waals surface area (Å²) < 4.78 is 0. The molecule has 0 aromatic carbocycles. The van der Waals surface area contributed by atoms with Gasteiger partial charge >= 0.3 is 0 Å². The molecule has 0 bridgehead atoms. The Kier molecular flexibility index (Phi) is 4.74. The maximum Gasteiger partial charge on any atom is 0.241 e. The van der Waals surface area contributed by atoms with Gasteiger partial charge in [0.1, 0.15) is 5.82 Å². The number of anilines is 2. The highest BCUT2D eigenvalue weighted by atomic mass is 16.2. The molecule has 0 radical (unpaired) electrons. The van der Waals surface area contributed by atoms with Crippen LogP contribution in [0.3, 0.4) is 0 Å². The van der Waals surface area contributed by atoms with Crippen LogP contribution in [-0.4, -0.2) is 30.0 Å². The van der Waals surface area contributed by atoms with Gasteiger partial charge in [0, 0.05) is 13.1 Å². The van der Waals surface area contributed by atoms with E-state index in [4.69, 9.17) is 5.73 Å². The first-order valence-corrected chi connectivity index (χ1v) is 6.98. The predicted molar refractivity (Wildman–Crippen MR) is 77.2 cm³/mol. The van der Waals surface area contributed by atoms with Gasteiger partial charge < -0.3 is 16.0 Å². The molecule has 3 N–H and O–H groups in total. The van der Waals surface area contributed by atoms with Gasteiger partial charge in [-0.25, -0.2) is 4.98 Å². The molecule has 2 rings (SSSR count). The van der Waals surface area contributed by atoms with Crippen LogP contribution in [0.1, 0.15) is 32.6 Å². The molecule has 0 unspecified atom stereocenters. The van der Waals surface area contributed by atoms with Crippen molar-refractivity contribution in [3.05, 3.63) is 18.3 Å². The van der Waals surface area contributed by atoms with Crippen molar-refractivity contribution in [1.29, 1.82) is 0 Å². The highest BCUT2D eigenvalue weighted by molar-refractivity contribution is 5.94. The number of amides is 1. The van der Waals surface area contributed by atoms with Gasteiger partial charge in [-0.15, -0.1) is 0 Å². The van der Waals surface area contributed by atoms with E-state index in [0.29, 0.717) is 12.1 Å². The third-order valence-electron chi connectivity index (χ3n) is 3.47. The zero-order chi connectivity index (χ0) is 13.7. The molecular formula is C14H22N4O. The van der Waals surface area contributed by atoms with Crippen LogP contribution in [0.25, 0.3) is 0 Å². The van der Waals surface area contributed by atoms with Gasteiger partial charge in [0.25, 0.3) is 0 Å². The molecule has 1 aromatic heterocycles. The molecule has 1 saturated heterocycles. The summed E-state index contributed by atoms with van der Waals surface area (Å²) in [6.07, 6.45) is 6.09. The van der Waals surface area contributed by atoms with Gasteiger partial charge in [-0.3, -0.25) is 4.79 Å². The molecule has 1 fully saturated rings. The van der Waals surface area contributed by atoms with E-state index >= 15 is 0 Å². The van der Waals surface area contributed by atoms with Crippen LogP contribution in [-0.2, 0) is 4.79 Å². The average Bonchev–Trinajstić information content (AvgIpc) is 2.48. The molecule has 1 amide bonds. The summed E-state index contributed by atoms with van der Waals surface area (Å²) in [4.78, 5) is 18.4. The van der Waals surface area contributed by atoms with Gasteiger partial charge in [-0.2, -0.15) is 0 Å². The lowest BCUT2D eigenvalue weighted by molar-refractivity contribution is -0.117. The largest absolute Gasteiger partial charge is 0.357 e. The summed E-state index contributed by atoms with van der Waals surface area (Å²) in [5.41, 5.74) is 6.37. The van der Waals surface area contributed by atoms with Gasteiger partial charge in [-0.05, 0) is 37.8 Å². The Bertz CT molecular complexity index is 412. The van der Waals surface area contributed by atoms with E-state index in [1.165, 1.54) is 19.3 Å². The molecule has 5 heteroatoms. The number of aromatic nitrogens is 1. The normalized spacial score (nSPS) is 17.1. The summed E-state index contributed by atoms with van der Waals surface area (Å²) in [6.45, 7) is 4.03. The van der Waals surface area contributed by atoms with Crippen molar-refractivity contribution in [2.24, 2.45) is 5.73 Å². The van der Waals surface area contributed by atoms with Crippen LogP contribution in [0.15, 0.2) is 18.3 Å². The van der Waals surface area contributed by atoms with Crippen molar-refractivity contribution >= 4 is 17.4 Å². The zero-order valence-electron chi connectivity index (χ0n) is 11.4. The molecule has 0 aliphatic carbocycles. The third-order valence-corrected chi connectivity index (χ3v) is 3.47.